The van der Waals surface area contributed by atoms with E-state index in [2.05, 4.69) is 21.2 Å². The molecule has 18 heavy (non-hydrogen) atoms. The molecule has 1 aliphatic carbocycles. The maximum absolute atomic E-state index is 10.6. The van der Waals surface area contributed by atoms with Gasteiger partial charge in [-0.2, -0.15) is 5.10 Å². The molecule has 3 rings (SSSR count). The topological polar surface area (TPSA) is 52.1 Å². The van der Waals surface area contributed by atoms with E-state index in [0.717, 1.165) is 32.5 Å². The lowest BCUT2D eigenvalue weighted by Crippen LogP contribution is -2.43. The third-order valence-electron chi connectivity index (χ3n) is 4.54. The third-order valence-corrected chi connectivity index (χ3v) is 4.54. The number of hydrogen-bond acceptors (Lipinski definition) is 3. The molecule has 100 valence electrons. The van der Waals surface area contributed by atoms with Crippen molar-refractivity contribution < 1.29 is 5.11 Å². The molecule has 0 unspecified atom stereocenters. The first-order valence-corrected chi connectivity index (χ1v) is 7.19. The summed E-state index contributed by atoms with van der Waals surface area (Å²) in [6.07, 6.45) is 8.64. The summed E-state index contributed by atoms with van der Waals surface area (Å²) in [5.74, 6) is 0.569. The lowest BCUT2D eigenvalue weighted by atomic mass is 9.84. The number of nitrogens with one attached hydrogen (secondary N) is 1. The Kier molecular flexibility index (Phi) is 3.39. The zero-order valence-electron chi connectivity index (χ0n) is 10.9. The minimum absolute atomic E-state index is 0.416. The summed E-state index contributed by atoms with van der Waals surface area (Å²) in [6.45, 7) is 3.02. The molecule has 1 atom stereocenters. The molecule has 1 saturated carbocycles. The van der Waals surface area contributed by atoms with Crippen molar-refractivity contribution in [2.45, 2.75) is 50.0 Å². The van der Waals surface area contributed by atoms with Gasteiger partial charge in [0.1, 0.15) is 0 Å². The molecule has 1 saturated heterocycles. The van der Waals surface area contributed by atoms with Gasteiger partial charge in [0.2, 0.25) is 0 Å². The summed E-state index contributed by atoms with van der Waals surface area (Å²) in [5.41, 5.74) is 0.828. The van der Waals surface area contributed by atoms with Crippen LogP contribution in [-0.2, 0) is 0 Å². The van der Waals surface area contributed by atoms with Crippen LogP contribution in [0.15, 0.2) is 12.3 Å². The van der Waals surface area contributed by atoms with Gasteiger partial charge in [0.25, 0.3) is 0 Å². The van der Waals surface area contributed by atoms with Crippen LogP contribution in [0, 0.1) is 0 Å². The second-order valence-electron chi connectivity index (χ2n) is 6.02. The Morgan fingerprint density at radius 3 is 2.94 bits per heavy atom. The van der Waals surface area contributed by atoms with Crippen LogP contribution in [0.4, 0.5) is 0 Å². The van der Waals surface area contributed by atoms with E-state index in [9.17, 15) is 5.11 Å². The van der Waals surface area contributed by atoms with Gasteiger partial charge in [-0.3, -0.25) is 10.00 Å². The highest BCUT2D eigenvalue weighted by atomic mass is 16.3. The van der Waals surface area contributed by atoms with Crippen LogP contribution in [0.5, 0.6) is 0 Å². The number of hydrogen-bond donors (Lipinski definition) is 2. The molecule has 0 amide bonds. The molecule has 0 bridgehead atoms. The number of aromatic amines is 1. The van der Waals surface area contributed by atoms with Crippen molar-refractivity contribution in [3.8, 4) is 0 Å². The zero-order valence-corrected chi connectivity index (χ0v) is 10.9. The second-order valence-corrected chi connectivity index (χ2v) is 6.02. The van der Waals surface area contributed by atoms with E-state index in [0.29, 0.717) is 5.92 Å². The summed E-state index contributed by atoms with van der Waals surface area (Å²) >= 11 is 0. The first-order valence-electron chi connectivity index (χ1n) is 7.19. The Hall–Kier alpha value is -0.870. The summed E-state index contributed by atoms with van der Waals surface area (Å²) in [5, 5.41) is 17.7. The fourth-order valence-corrected chi connectivity index (χ4v) is 3.51. The van der Waals surface area contributed by atoms with Gasteiger partial charge >= 0.3 is 0 Å². The van der Waals surface area contributed by atoms with Crippen molar-refractivity contribution in [3.05, 3.63) is 18.0 Å². The van der Waals surface area contributed by atoms with Gasteiger partial charge < -0.3 is 5.11 Å². The van der Waals surface area contributed by atoms with Gasteiger partial charge in [0, 0.05) is 30.9 Å². The summed E-state index contributed by atoms with van der Waals surface area (Å²) in [6, 6.07) is 2.07. The highest BCUT2D eigenvalue weighted by molar-refractivity contribution is 5.09. The molecule has 2 aliphatic rings. The Balaban J connectivity index is 1.56. The van der Waals surface area contributed by atoms with Gasteiger partial charge in [-0.15, -0.1) is 0 Å². The molecular weight excluding hydrogens is 226 g/mol. The van der Waals surface area contributed by atoms with E-state index in [1.54, 1.807) is 0 Å². The Morgan fingerprint density at radius 2 is 2.22 bits per heavy atom. The first kappa shape index (κ1) is 12.2. The maximum atomic E-state index is 10.6. The molecule has 1 aliphatic heterocycles. The summed E-state index contributed by atoms with van der Waals surface area (Å²) in [7, 11) is 0. The average Bonchev–Trinajstić information content (AvgIpc) is 2.99. The number of nitrogens with zero attached hydrogens (tertiary/aromatic N) is 2. The standard InChI is InChI=1S/C14H23N3O/c18-14(6-2-1-3-7-14)11-17-9-5-12(10-17)13-4-8-15-16-13/h4,8,12,18H,1-3,5-7,9-11H2,(H,15,16)/t12-/m1/s1. The Morgan fingerprint density at radius 1 is 1.39 bits per heavy atom. The van der Waals surface area contributed by atoms with Gasteiger partial charge in [0.15, 0.2) is 0 Å². The quantitative estimate of drug-likeness (QED) is 0.860. The van der Waals surface area contributed by atoms with Crippen LogP contribution in [0.25, 0.3) is 0 Å². The lowest BCUT2D eigenvalue weighted by molar-refractivity contribution is -0.0216. The number of H-pyrrole nitrogens is 1. The van der Waals surface area contributed by atoms with Gasteiger partial charge in [0.05, 0.1) is 5.60 Å². The SMILES string of the molecule is OC1(CN2CC[C@@H](c3ccn[nH]3)C2)CCCCC1. The summed E-state index contributed by atoms with van der Waals surface area (Å²) < 4.78 is 0. The van der Waals surface area contributed by atoms with E-state index >= 15 is 0 Å². The monoisotopic (exact) mass is 249 g/mol. The lowest BCUT2D eigenvalue weighted by Gasteiger charge is -2.35. The number of likely N-dealkylation sites (tertiary alicyclic amines) is 1. The molecule has 4 nitrogen and oxygen atoms in total. The molecule has 0 radical (unpaired) electrons. The second kappa shape index (κ2) is 5.02. The van der Waals surface area contributed by atoms with E-state index in [4.69, 9.17) is 0 Å². The van der Waals surface area contributed by atoms with E-state index in [1.807, 2.05) is 6.20 Å². The molecule has 1 aromatic heterocycles. The van der Waals surface area contributed by atoms with Crippen molar-refractivity contribution in [1.82, 2.24) is 15.1 Å². The number of aromatic nitrogens is 2. The largest absolute Gasteiger partial charge is 0.389 e. The molecule has 4 heteroatoms. The van der Waals surface area contributed by atoms with Gasteiger partial charge in [-0.1, -0.05) is 19.3 Å². The maximum Gasteiger partial charge on any atom is 0.0774 e. The van der Waals surface area contributed by atoms with Gasteiger partial charge in [-0.05, 0) is 31.9 Å². The van der Waals surface area contributed by atoms with Crippen molar-refractivity contribution in [2.75, 3.05) is 19.6 Å². The molecule has 2 heterocycles. The highest BCUT2D eigenvalue weighted by Gasteiger charge is 2.34. The van der Waals surface area contributed by atoms with E-state index in [1.165, 1.54) is 31.4 Å². The van der Waals surface area contributed by atoms with Crippen LogP contribution in [0.1, 0.15) is 50.1 Å². The molecular formula is C14H23N3O. The van der Waals surface area contributed by atoms with Crippen LogP contribution in [-0.4, -0.2) is 45.4 Å². The van der Waals surface area contributed by atoms with Crippen molar-refractivity contribution in [1.29, 1.82) is 0 Å². The van der Waals surface area contributed by atoms with Crippen LogP contribution in [0.2, 0.25) is 0 Å². The Labute approximate surface area is 108 Å². The van der Waals surface area contributed by atoms with Gasteiger partial charge in [-0.25, -0.2) is 0 Å². The number of aliphatic hydroxyl groups is 1. The fraction of sp³-hybridized carbons (Fsp3) is 0.786. The number of rotatable bonds is 3. The van der Waals surface area contributed by atoms with Crippen LogP contribution < -0.4 is 0 Å². The van der Waals surface area contributed by atoms with Crippen LogP contribution >= 0.6 is 0 Å². The zero-order chi connectivity index (χ0) is 12.4. The van der Waals surface area contributed by atoms with Crippen molar-refractivity contribution in [3.63, 3.8) is 0 Å². The minimum atomic E-state index is -0.416. The number of β-amino-alcohol motifs (C(OH)–C–C–N with tert-alkyl or cyclic N) is 1. The minimum Gasteiger partial charge on any atom is -0.389 e. The predicted octanol–water partition coefficient (Wildman–Crippen LogP) is 1.89. The van der Waals surface area contributed by atoms with Crippen molar-refractivity contribution in [2.24, 2.45) is 0 Å². The van der Waals surface area contributed by atoms with E-state index < -0.39 is 5.60 Å². The first-order chi connectivity index (χ1) is 8.75. The third kappa shape index (κ3) is 2.59. The molecule has 1 aromatic rings. The molecule has 2 N–H and O–H groups in total. The average molecular weight is 249 g/mol. The highest BCUT2D eigenvalue weighted by Crippen LogP contribution is 2.32. The normalized spacial score (nSPS) is 28.6. The summed E-state index contributed by atoms with van der Waals surface area (Å²) in [4.78, 5) is 2.43. The fourth-order valence-electron chi connectivity index (χ4n) is 3.51. The molecule has 2 fully saturated rings. The molecule has 0 aromatic carbocycles. The Bertz CT molecular complexity index is 370. The van der Waals surface area contributed by atoms with E-state index in [-0.39, 0.29) is 0 Å². The molecule has 0 spiro atoms. The predicted molar refractivity (Wildman–Crippen MR) is 70.4 cm³/mol. The van der Waals surface area contributed by atoms with Crippen molar-refractivity contribution >= 4 is 0 Å². The smallest absolute Gasteiger partial charge is 0.0774 e. The van der Waals surface area contributed by atoms with Crippen LogP contribution in [0.3, 0.4) is 0 Å².